The van der Waals surface area contributed by atoms with Crippen molar-refractivity contribution in [1.82, 2.24) is 4.90 Å². The molecule has 1 saturated heterocycles. The monoisotopic (exact) mass is 382 g/mol. The summed E-state index contributed by atoms with van der Waals surface area (Å²) in [4.78, 5) is 14.3. The van der Waals surface area contributed by atoms with Crippen molar-refractivity contribution in [2.45, 2.75) is 19.4 Å². The number of halogens is 4. The Kier molecular flexibility index (Phi) is 5.84. The molecule has 0 spiro atoms. The highest BCUT2D eigenvalue weighted by Gasteiger charge is 2.27. The third-order valence-electron chi connectivity index (χ3n) is 4.61. The smallest absolute Gasteiger partial charge is 0.227 e. The zero-order valence-corrected chi connectivity index (χ0v) is 14.7. The van der Waals surface area contributed by atoms with Crippen LogP contribution < -0.4 is 5.32 Å². The molecule has 7 heteroatoms. The minimum Gasteiger partial charge on any atom is -0.321 e. The zero-order valence-electron chi connectivity index (χ0n) is 13.9. The van der Waals surface area contributed by atoms with Gasteiger partial charge in [-0.1, -0.05) is 23.7 Å². The van der Waals surface area contributed by atoms with Gasteiger partial charge in [-0.3, -0.25) is 9.69 Å². The second-order valence-electron chi connectivity index (χ2n) is 6.34. The van der Waals surface area contributed by atoms with Gasteiger partial charge in [-0.25, -0.2) is 13.2 Å². The van der Waals surface area contributed by atoms with E-state index in [-0.39, 0.29) is 11.7 Å². The Bertz CT molecular complexity index is 767. The van der Waals surface area contributed by atoms with Crippen LogP contribution in [0.3, 0.4) is 0 Å². The van der Waals surface area contributed by atoms with Crippen molar-refractivity contribution in [2.75, 3.05) is 18.4 Å². The van der Waals surface area contributed by atoms with Crippen LogP contribution in [0, 0.1) is 23.4 Å². The van der Waals surface area contributed by atoms with Gasteiger partial charge in [-0.05, 0) is 50.2 Å². The van der Waals surface area contributed by atoms with Gasteiger partial charge in [0.25, 0.3) is 0 Å². The maximum absolute atomic E-state index is 13.9. The Labute approximate surface area is 154 Å². The van der Waals surface area contributed by atoms with Crippen LogP contribution in [0.5, 0.6) is 0 Å². The molecular weight excluding hydrogens is 365 g/mol. The number of likely N-dealkylation sites (tertiary alicyclic amines) is 1. The number of rotatable bonds is 4. The van der Waals surface area contributed by atoms with Crippen molar-refractivity contribution in [3.05, 3.63) is 64.4 Å². The van der Waals surface area contributed by atoms with E-state index in [0.717, 1.165) is 12.1 Å². The van der Waals surface area contributed by atoms with Crippen LogP contribution in [-0.2, 0) is 11.3 Å². The average Bonchev–Trinajstić information content (AvgIpc) is 2.62. The second-order valence-corrected chi connectivity index (χ2v) is 6.74. The molecule has 3 rings (SSSR count). The van der Waals surface area contributed by atoms with Gasteiger partial charge in [0.1, 0.15) is 23.1 Å². The number of hydrogen-bond donors (Lipinski definition) is 1. The Morgan fingerprint density at radius 1 is 1.04 bits per heavy atom. The molecule has 1 aliphatic heterocycles. The van der Waals surface area contributed by atoms with Crippen LogP contribution in [-0.4, -0.2) is 23.9 Å². The molecule has 0 radical (unpaired) electrons. The summed E-state index contributed by atoms with van der Waals surface area (Å²) < 4.78 is 41.2. The summed E-state index contributed by atoms with van der Waals surface area (Å²) in [5.74, 6) is -2.71. The van der Waals surface area contributed by atoms with Gasteiger partial charge in [-0.2, -0.15) is 0 Å². The van der Waals surface area contributed by atoms with E-state index in [2.05, 4.69) is 5.32 Å². The van der Waals surface area contributed by atoms with Gasteiger partial charge >= 0.3 is 0 Å². The van der Waals surface area contributed by atoms with E-state index < -0.39 is 23.2 Å². The maximum atomic E-state index is 13.9. The van der Waals surface area contributed by atoms with E-state index in [4.69, 9.17) is 11.6 Å². The van der Waals surface area contributed by atoms with Gasteiger partial charge in [0.2, 0.25) is 5.91 Å². The molecular formula is C19H18ClF3N2O. The van der Waals surface area contributed by atoms with Gasteiger partial charge < -0.3 is 5.32 Å². The van der Waals surface area contributed by atoms with E-state index in [9.17, 15) is 18.0 Å². The minimum absolute atomic E-state index is 0.346. The predicted molar refractivity (Wildman–Crippen MR) is 94.4 cm³/mol. The number of nitrogens with zero attached hydrogens (tertiary/aromatic N) is 1. The molecule has 0 aliphatic carbocycles. The molecule has 1 N–H and O–H groups in total. The second kappa shape index (κ2) is 8.10. The van der Waals surface area contributed by atoms with E-state index in [1.165, 1.54) is 12.1 Å². The first-order valence-electron chi connectivity index (χ1n) is 8.36. The van der Waals surface area contributed by atoms with Crippen LogP contribution in [0.1, 0.15) is 18.4 Å². The summed E-state index contributed by atoms with van der Waals surface area (Å²) in [5.41, 5.74) is 0.0172. The number of piperidine rings is 1. The van der Waals surface area contributed by atoms with Crippen molar-refractivity contribution in [3.8, 4) is 0 Å². The number of carbonyl (C=O) groups excluding carboxylic acids is 1. The number of hydrogen-bond acceptors (Lipinski definition) is 2. The van der Waals surface area contributed by atoms with E-state index >= 15 is 0 Å². The average molecular weight is 383 g/mol. The van der Waals surface area contributed by atoms with Crippen molar-refractivity contribution in [2.24, 2.45) is 5.92 Å². The minimum atomic E-state index is -0.801. The topological polar surface area (TPSA) is 32.3 Å². The lowest BCUT2D eigenvalue weighted by Gasteiger charge is -2.31. The summed E-state index contributed by atoms with van der Waals surface area (Å²) in [6, 6.07) is 8.00. The van der Waals surface area contributed by atoms with Crippen LogP contribution >= 0.6 is 11.6 Å². The van der Waals surface area contributed by atoms with Gasteiger partial charge in [-0.15, -0.1) is 0 Å². The zero-order chi connectivity index (χ0) is 18.7. The molecule has 2 aromatic carbocycles. The highest BCUT2D eigenvalue weighted by molar-refractivity contribution is 6.31. The molecule has 0 atom stereocenters. The first-order valence-corrected chi connectivity index (χ1v) is 8.73. The lowest BCUT2D eigenvalue weighted by molar-refractivity contribution is -0.121. The molecule has 26 heavy (non-hydrogen) atoms. The molecule has 0 bridgehead atoms. The van der Waals surface area contributed by atoms with E-state index in [0.29, 0.717) is 43.1 Å². The lowest BCUT2D eigenvalue weighted by Crippen LogP contribution is -2.38. The van der Waals surface area contributed by atoms with Gasteiger partial charge in [0, 0.05) is 23.0 Å². The number of para-hydroxylation sites is 1. The van der Waals surface area contributed by atoms with Crippen molar-refractivity contribution in [1.29, 1.82) is 0 Å². The summed E-state index contributed by atoms with van der Waals surface area (Å²) in [5, 5.41) is 2.72. The molecule has 1 fully saturated rings. The molecule has 1 heterocycles. The number of anilines is 1. The molecule has 138 valence electrons. The molecule has 0 aromatic heterocycles. The fourth-order valence-corrected chi connectivity index (χ4v) is 3.33. The Hall–Kier alpha value is -2.05. The fourth-order valence-electron chi connectivity index (χ4n) is 3.10. The summed E-state index contributed by atoms with van der Waals surface area (Å²) >= 11 is 6.05. The fraction of sp³-hybridized carbons (Fsp3) is 0.316. The van der Waals surface area contributed by atoms with Crippen molar-refractivity contribution < 1.29 is 18.0 Å². The van der Waals surface area contributed by atoms with Crippen LogP contribution in [0.4, 0.5) is 18.9 Å². The summed E-state index contributed by atoms with van der Waals surface area (Å²) in [6.07, 6.45) is 1.04. The normalized spacial score (nSPS) is 15.8. The quantitative estimate of drug-likeness (QED) is 0.837. The number of benzene rings is 2. The van der Waals surface area contributed by atoms with Gasteiger partial charge in [0.05, 0.1) is 0 Å². The molecule has 1 aliphatic rings. The van der Waals surface area contributed by atoms with Crippen LogP contribution in [0.2, 0.25) is 5.02 Å². The standard InChI is InChI=1S/C19H18ClF3N2O/c20-14-3-1-4-15(21)13(14)11-25-9-7-12(8-10-25)19(26)24-18-16(22)5-2-6-17(18)23/h1-6,12H,7-11H2,(H,24,26). The van der Waals surface area contributed by atoms with E-state index in [1.54, 1.807) is 12.1 Å². The van der Waals surface area contributed by atoms with E-state index in [1.807, 2.05) is 4.90 Å². The van der Waals surface area contributed by atoms with Crippen LogP contribution in [0.15, 0.2) is 36.4 Å². The highest BCUT2D eigenvalue weighted by atomic mass is 35.5. The number of nitrogens with one attached hydrogen (secondary N) is 1. The Balaban J connectivity index is 1.57. The third-order valence-corrected chi connectivity index (χ3v) is 4.97. The largest absolute Gasteiger partial charge is 0.321 e. The molecule has 1 amide bonds. The van der Waals surface area contributed by atoms with Crippen molar-refractivity contribution in [3.63, 3.8) is 0 Å². The predicted octanol–water partition coefficient (Wildman–Crippen LogP) is 4.61. The van der Waals surface area contributed by atoms with Crippen LogP contribution in [0.25, 0.3) is 0 Å². The number of amides is 1. The Morgan fingerprint density at radius 2 is 1.62 bits per heavy atom. The molecule has 2 aromatic rings. The summed E-state index contributed by atoms with van der Waals surface area (Å²) in [7, 11) is 0. The molecule has 0 saturated carbocycles. The SMILES string of the molecule is O=C(Nc1c(F)cccc1F)C1CCN(Cc2c(F)cccc2Cl)CC1. The number of carbonyl (C=O) groups is 1. The van der Waals surface area contributed by atoms with Crippen molar-refractivity contribution >= 4 is 23.2 Å². The highest BCUT2D eigenvalue weighted by Crippen LogP contribution is 2.26. The Morgan fingerprint density at radius 3 is 2.23 bits per heavy atom. The maximum Gasteiger partial charge on any atom is 0.227 e. The molecule has 3 nitrogen and oxygen atoms in total. The van der Waals surface area contributed by atoms with Gasteiger partial charge in [0.15, 0.2) is 0 Å². The molecule has 0 unspecified atom stereocenters. The first-order chi connectivity index (χ1) is 12.5. The summed E-state index contributed by atoms with van der Waals surface area (Å²) in [6.45, 7) is 1.51. The lowest BCUT2D eigenvalue weighted by atomic mass is 9.95. The third kappa shape index (κ3) is 4.19. The first kappa shape index (κ1) is 18.7.